The Kier molecular flexibility index (Phi) is 4.22. The van der Waals surface area contributed by atoms with Crippen molar-refractivity contribution < 1.29 is 4.79 Å². The number of hydrogen-bond acceptors (Lipinski definition) is 3. The summed E-state index contributed by atoms with van der Waals surface area (Å²) in [6.45, 7) is 1.87. The van der Waals surface area contributed by atoms with E-state index in [2.05, 4.69) is 39.2 Å². The lowest BCUT2D eigenvalue weighted by atomic mass is 10.0. The molecule has 0 radical (unpaired) electrons. The van der Waals surface area contributed by atoms with E-state index in [4.69, 9.17) is 0 Å². The van der Waals surface area contributed by atoms with Gasteiger partial charge in [0.05, 0.1) is 16.6 Å². The lowest BCUT2D eigenvalue weighted by molar-refractivity contribution is -0.132. The van der Waals surface area contributed by atoms with E-state index in [1.54, 1.807) is 16.3 Å². The first-order valence-corrected chi connectivity index (χ1v) is 8.55. The summed E-state index contributed by atoms with van der Waals surface area (Å²) in [5.41, 5.74) is 2.12. The van der Waals surface area contributed by atoms with Gasteiger partial charge in [-0.1, -0.05) is 41.1 Å². The Labute approximate surface area is 136 Å². The normalized spacial score (nSPS) is 17.9. The Morgan fingerprint density at radius 2 is 2.14 bits per heavy atom. The highest BCUT2D eigenvalue weighted by molar-refractivity contribution is 9.10. The fourth-order valence-electron chi connectivity index (χ4n) is 2.44. The van der Waals surface area contributed by atoms with E-state index in [1.165, 1.54) is 0 Å². The fraction of sp³-hybridized carbons (Fsp3) is 0.250. The second-order valence-electron chi connectivity index (χ2n) is 4.89. The third kappa shape index (κ3) is 2.94. The minimum atomic E-state index is 0.00245. The molecule has 1 aromatic carbocycles. The monoisotopic (exact) mass is 362 g/mol. The highest BCUT2D eigenvalue weighted by Gasteiger charge is 2.32. The zero-order valence-corrected chi connectivity index (χ0v) is 14.0. The van der Waals surface area contributed by atoms with Gasteiger partial charge in [0.2, 0.25) is 5.91 Å². The summed E-state index contributed by atoms with van der Waals surface area (Å²) < 4.78 is 1.04. The van der Waals surface area contributed by atoms with E-state index >= 15 is 0 Å². The lowest BCUT2D eigenvalue weighted by Crippen LogP contribution is -2.26. The summed E-state index contributed by atoms with van der Waals surface area (Å²) in [4.78, 5) is 13.3. The number of rotatable bonds is 3. The van der Waals surface area contributed by atoms with Gasteiger partial charge in [-0.3, -0.25) is 4.79 Å². The lowest BCUT2D eigenvalue weighted by Gasteiger charge is -2.21. The topological polar surface area (TPSA) is 32.7 Å². The van der Waals surface area contributed by atoms with Crippen molar-refractivity contribution in [3.8, 4) is 0 Å². The zero-order chi connectivity index (χ0) is 14.8. The van der Waals surface area contributed by atoms with E-state index in [-0.39, 0.29) is 11.9 Å². The predicted molar refractivity (Wildman–Crippen MR) is 89.5 cm³/mol. The molecule has 108 valence electrons. The van der Waals surface area contributed by atoms with Crippen LogP contribution in [0.15, 0.2) is 51.4 Å². The Hall–Kier alpha value is -1.46. The molecule has 5 heteroatoms. The van der Waals surface area contributed by atoms with Crippen molar-refractivity contribution in [3.63, 3.8) is 0 Å². The molecule has 0 spiro atoms. The summed E-state index contributed by atoms with van der Waals surface area (Å²) in [5.74, 6) is 0.0643. The van der Waals surface area contributed by atoms with Crippen LogP contribution in [-0.2, 0) is 4.79 Å². The van der Waals surface area contributed by atoms with Crippen molar-refractivity contribution in [2.75, 3.05) is 0 Å². The molecule has 0 aliphatic carbocycles. The molecule has 0 fully saturated rings. The molecule has 1 amide bonds. The molecular formula is C16H15BrN2OS. The minimum Gasteiger partial charge on any atom is -0.273 e. The van der Waals surface area contributed by atoms with Crippen LogP contribution < -0.4 is 0 Å². The average molecular weight is 363 g/mol. The molecule has 1 atom stereocenters. The summed E-state index contributed by atoms with van der Waals surface area (Å²) in [6, 6.07) is 12.2. The third-order valence-corrected chi connectivity index (χ3v) is 4.98. The maximum atomic E-state index is 12.2. The highest BCUT2D eigenvalue weighted by Crippen LogP contribution is 2.34. The Bertz CT molecular complexity index is 664. The second kappa shape index (κ2) is 6.12. The van der Waals surface area contributed by atoms with E-state index < -0.39 is 0 Å². The van der Waals surface area contributed by atoms with Crippen molar-refractivity contribution in [2.45, 2.75) is 25.8 Å². The molecule has 1 aliphatic heterocycles. The number of thiophene rings is 1. The Morgan fingerprint density at radius 1 is 1.38 bits per heavy atom. The summed E-state index contributed by atoms with van der Waals surface area (Å²) in [5, 5.41) is 8.27. The van der Waals surface area contributed by atoms with Gasteiger partial charge in [-0.05, 0) is 29.1 Å². The maximum absolute atomic E-state index is 12.2. The second-order valence-corrected chi connectivity index (χ2v) is 6.75. The number of hydrogen-bond donors (Lipinski definition) is 0. The van der Waals surface area contributed by atoms with Crippen molar-refractivity contribution in [1.82, 2.24) is 5.01 Å². The van der Waals surface area contributed by atoms with E-state index in [0.29, 0.717) is 6.42 Å². The smallest absolute Gasteiger partial charge is 0.242 e. The number of amides is 1. The molecule has 3 rings (SSSR count). The van der Waals surface area contributed by atoms with E-state index in [1.807, 2.05) is 30.5 Å². The van der Waals surface area contributed by atoms with Gasteiger partial charge in [0, 0.05) is 17.3 Å². The standard InChI is InChI=1S/C16H15BrN2OS/c1-2-16(20)19-14(11-5-7-12(17)8-6-11)10-13(18-19)15-4-3-9-21-15/h3-9,14H,2,10H2,1H3/t14-/m1/s1. The molecule has 0 N–H and O–H groups in total. The van der Waals surface area contributed by atoms with Crippen LogP contribution in [-0.4, -0.2) is 16.6 Å². The van der Waals surface area contributed by atoms with Gasteiger partial charge in [-0.15, -0.1) is 11.3 Å². The molecule has 2 aromatic rings. The first-order valence-electron chi connectivity index (χ1n) is 6.88. The molecule has 0 unspecified atom stereocenters. The molecule has 1 aliphatic rings. The molecule has 21 heavy (non-hydrogen) atoms. The number of benzene rings is 1. The summed E-state index contributed by atoms with van der Waals surface area (Å²) in [7, 11) is 0. The quantitative estimate of drug-likeness (QED) is 0.785. The maximum Gasteiger partial charge on any atom is 0.242 e. The first kappa shape index (κ1) is 14.5. The predicted octanol–water partition coefficient (Wildman–Crippen LogP) is 4.60. The van der Waals surface area contributed by atoms with E-state index in [9.17, 15) is 4.79 Å². The van der Waals surface area contributed by atoms with Gasteiger partial charge >= 0.3 is 0 Å². The highest BCUT2D eigenvalue weighted by atomic mass is 79.9. The molecular weight excluding hydrogens is 348 g/mol. The molecule has 0 bridgehead atoms. The zero-order valence-electron chi connectivity index (χ0n) is 11.6. The SMILES string of the molecule is CCC(=O)N1N=C(c2cccs2)C[C@@H]1c1ccc(Br)cc1. The first-order chi connectivity index (χ1) is 10.2. The Balaban J connectivity index is 1.93. The van der Waals surface area contributed by atoms with Crippen molar-refractivity contribution in [2.24, 2.45) is 5.10 Å². The molecule has 2 heterocycles. The van der Waals surface area contributed by atoms with Crippen molar-refractivity contribution >= 4 is 38.9 Å². The van der Waals surface area contributed by atoms with Crippen LogP contribution in [0, 0.1) is 0 Å². The fourth-order valence-corrected chi connectivity index (χ4v) is 3.42. The van der Waals surface area contributed by atoms with Gasteiger partial charge in [0.1, 0.15) is 0 Å². The molecule has 0 saturated heterocycles. The average Bonchev–Trinajstić information content (AvgIpc) is 3.16. The van der Waals surface area contributed by atoms with Crippen molar-refractivity contribution in [1.29, 1.82) is 0 Å². The summed E-state index contributed by atoms with van der Waals surface area (Å²) in [6.07, 6.45) is 1.24. The third-order valence-electron chi connectivity index (χ3n) is 3.53. The minimum absolute atomic E-state index is 0.00245. The number of hydrazone groups is 1. The van der Waals surface area contributed by atoms with E-state index in [0.717, 1.165) is 27.0 Å². The van der Waals surface area contributed by atoms with Crippen LogP contribution in [0.1, 0.15) is 36.2 Å². The number of carbonyl (C=O) groups excluding carboxylic acids is 1. The van der Waals surface area contributed by atoms with Crippen LogP contribution in [0.4, 0.5) is 0 Å². The number of carbonyl (C=O) groups is 1. The largest absolute Gasteiger partial charge is 0.273 e. The van der Waals surface area contributed by atoms with Crippen LogP contribution >= 0.6 is 27.3 Å². The van der Waals surface area contributed by atoms with Crippen LogP contribution in [0.5, 0.6) is 0 Å². The molecule has 3 nitrogen and oxygen atoms in total. The van der Waals surface area contributed by atoms with Gasteiger partial charge < -0.3 is 0 Å². The summed E-state index contributed by atoms with van der Waals surface area (Å²) >= 11 is 5.11. The number of halogens is 1. The van der Waals surface area contributed by atoms with Gasteiger partial charge in [0.25, 0.3) is 0 Å². The van der Waals surface area contributed by atoms with Crippen LogP contribution in [0.25, 0.3) is 0 Å². The molecule has 1 aromatic heterocycles. The van der Waals surface area contributed by atoms with Gasteiger partial charge in [0.15, 0.2) is 0 Å². The van der Waals surface area contributed by atoms with Gasteiger partial charge in [-0.25, -0.2) is 5.01 Å². The van der Waals surface area contributed by atoms with Crippen LogP contribution in [0.3, 0.4) is 0 Å². The van der Waals surface area contributed by atoms with Crippen LogP contribution in [0.2, 0.25) is 0 Å². The molecule has 0 saturated carbocycles. The van der Waals surface area contributed by atoms with Gasteiger partial charge in [-0.2, -0.15) is 5.10 Å². The number of nitrogens with zero attached hydrogens (tertiary/aromatic N) is 2. The van der Waals surface area contributed by atoms with Crippen molar-refractivity contribution in [3.05, 3.63) is 56.7 Å². The Morgan fingerprint density at radius 3 is 2.76 bits per heavy atom.